The average Bonchev–Trinajstić information content (AvgIpc) is 2.26. The predicted octanol–water partition coefficient (Wildman–Crippen LogP) is 3.01. The van der Waals surface area contributed by atoms with Crippen molar-refractivity contribution in [2.24, 2.45) is 0 Å². The van der Waals surface area contributed by atoms with Crippen LogP contribution >= 0.6 is 11.6 Å². The third-order valence-electron chi connectivity index (χ3n) is 2.13. The molecule has 0 radical (unpaired) electrons. The van der Waals surface area contributed by atoms with Gasteiger partial charge < -0.3 is 0 Å². The van der Waals surface area contributed by atoms with E-state index < -0.39 is 0 Å². The molecule has 2 heteroatoms. The quantitative estimate of drug-likeness (QED) is 0.449. The summed E-state index contributed by atoms with van der Waals surface area (Å²) in [4.78, 5) is 0. The minimum absolute atomic E-state index is 0.554. The van der Waals surface area contributed by atoms with Crippen LogP contribution in [0.2, 0.25) is 5.32 Å². The average molecular weight is 274 g/mol. The number of halogens is 1. The molecule has 0 aliphatic carbocycles. The Kier molecular flexibility index (Phi) is 5.32. The predicted molar refractivity (Wildman–Crippen MR) is 65.7 cm³/mol. The molecule has 0 aliphatic heterocycles. The first kappa shape index (κ1) is 11.8. The summed E-state index contributed by atoms with van der Waals surface area (Å²) in [6.45, 7) is 4.30. The number of alkyl halides is 1. The zero-order valence-corrected chi connectivity index (χ0v) is 11.1. The summed E-state index contributed by atoms with van der Waals surface area (Å²) in [6, 6.07) is 10.7. The molecule has 0 spiro atoms. The second kappa shape index (κ2) is 6.29. The van der Waals surface area contributed by atoms with Crippen LogP contribution in [0.15, 0.2) is 41.5 Å². The first-order valence-electron chi connectivity index (χ1n) is 4.63. The molecule has 0 aliphatic rings. The van der Waals surface area contributed by atoms with Gasteiger partial charge >= 0.3 is 97.5 Å². The molecule has 1 rings (SSSR count). The normalized spacial score (nSPS) is 12.5. The molecule has 1 aromatic carbocycles. The van der Waals surface area contributed by atoms with Crippen LogP contribution in [0.4, 0.5) is 0 Å². The zero-order chi connectivity index (χ0) is 10.4. The molecule has 0 N–H and O–H groups in total. The molecule has 76 valence electrons. The molecule has 0 heterocycles. The fourth-order valence-corrected chi connectivity index (χ4v) is 3.23. The summed E-state index contributed by atoms with van der Waals surface area (Å²) in [6.07, 6.45) is 0. The molecule has 0 unspecified atom stereocenters. The van der Waals surface area contributed by atoms with Gasteiger partial charge in [-0.1, -0.05) is 0 Å². The molecule has 0 saturated heterocycles. The summed E-state index contributed by atoms with van der Waals surface area (Å²) in [5.41, 5.74) is 2.77. The Morgan fingerprint density at radius 2 is 1.79 bits per heavy atom. The van der Waals surface area contributed by atoms with Gasteiger partial charge in [0.25, 0.3) is 0 Å². The fraction of sp³-hybridized carbons (Fsp3) is 0.333. The van der Waals surface area contributed by atoms with Crippen LogP contribution in [0.25, 0.3) is 0 Å². The first-order chi connectivity index (χ1) is 6.74. The summed E-state index contributed by atoms with van der Waals surface area (Å²) in [7, 11) is 0. The van der Waals surface area contributed by atoms with Gasteiger partial charge in [0.15, 0.2) is 0 Å². The van der Waals surface area contributed by atoms with Crippen molar-refractivity contribution < 1.29 is 0 Å². The van der Waals surface area contributed by atoms with Crippen molar-refractivity contribution in [2.75, 3.05) is 5.88 Å². The second-order valence-electron chi connectivity index (χ2n) is 3.30. The third-order valence-corrected chi connectivity index (χ3v) is 5.01. The van der Waals surface area contributed by atoms with Crippen LogP contribution < -0.4 is 4.46 Å². The number of rotatable bonds is 4. The van der Waals surface area contributed by atoms with E-state index in [1.165, 1.54) is 20.9 Å². The van der Waals surface area contributed by atoms with Crippen LogP contribution in [0.3, 0.4) is 0 Å². The van der Waals surface area contributed by atoms with Crippen LogP contribution in [0, 0.1) is 0 Å². The Morgan fingerprint density at radius 3 is 2.36 bits per heavy atom. The summed E-state index contributed by atoms with van der Waals surface area (Å²) >= 11 is 6.33. The number of allylic oxidation sites excluding steroid dienone is 2. The molecule has 0 aromatic heterocycles. The van der Waals surface area contributed by atoms with Gasteiger partial charge in [-0.25, -0.2) is 0 Å². The Morgan fingerprint density at radius 1 is 1.14 bits per heavy atom. The van der Waals surface area contributed by atoms with Gasteiger partial charge in [0.05, 0.1) is 0 Å². The van der Waals surface area contributed by atoms with Crippen molar-refractivity contribution in [3.8, 4) is 0 Å². The molecule has 0 atom stereocenters. The Labute approximate surface area is 97.5 Å². The summed E-state index contributed by atoms with van der Waals surface area (Å²) in [5, 5.41) is 1.18. The van der Waals surface area contributed by atoms with Crippen molar-refractivity contribution in [3.05, 3.63) is 41.5 Å². The van der Waals surface area contributed by atoms with Gasteiger partial charge in [-0.3, -0.25) is 0 Å². The van der Waals surface area contributed by atoms with Crippen molar-refractivity contribution in [1.29, 1.82) is 0 Å². The van der Waals surface area contributed by atoms with E-state index in [9.17, 15) is 0 Å². The first-order valence-corrected chi connectivity index (χ1v) is 7.23. The van der Waals surface area contributed by atoms with Gasteiger partial charge in [0.1, 0.15) is 0 Å². The number of hydrogen-bond acceptors (Lipinski definition) is 0. The maximum atomic E-state index is 5.78. The molecular formula is C12H15ClSe. The van der Waals surface area contributed by atoms with E-state index in [0.717, 1.165) is 0 Å². The van der Waals surface area contributed by atoms with E-state index in [0.29, 0.717) is 20.8 Å². The number of benzene rings is 1. The summed E-state index contributed by atoms with van der Waals surface area (Å²) < 4.78 is 1.46. The molecule has 1 aromatic rings. The van der Waals surface area contributed by atoms with E-state index in [4.69, 9.17) is 11.6 Å². The van der Waals surface area contributed by atoms with Crippen molar-refractivity contribution >= 4 is 31.0 Å². The van der Waals surface area contributed by atoms with E-state index in [2.05, 4.69) is 44.2 Å². The van der Waals surface area contributed by atoms with Gasteiger partial charge in [-0.05, 0) is 0 Å². The van der Waals surface area contributed by atoms with Crippen LogP contribution in [0.1, 0.15) is 13.8 Å². The van der Waals surface area contributed by atoms with Gasteiger partial charge in [-0.2, -0.15) is 0 Å². The molecule has 0 nitrogen and oxygen atoms in total. The molecule has 0 amide bonds. The van der Waals surface area contributed by atoms with E-state index in [1.807, 2.05) is 0 Å². The van der Waals surface area contributed by atoms with Crippen LogP contribution in [0.5, 0.6) is 0 Å². The molecule has 0 saturated carbocycles. The molecular weight excluding hydrogens is 259 g/mol. The topological polar surface area (TPSA) is 0 Å². The summed E-state index contributed by atoms with van der Waals surface area (Å²) in [5.74, 6) is 0.663. The molecule has 14 heavy (non-hydrogen) atoms. The molecule has 0 bridgehead atoms. The van der Waals surface area contributed by atoms with Gasteiger partial charge in [-0.15, -0.1) is 0 Å². The third kappa shape index (κ3) is 3.87. The van der Waals surface area contributed by atoms with Crippen molar-refractivity contribution in [1.82, 2.24) is 0 Å². The van der Waals surface area contributed by atoms with E-state index >= 15 is 0 Å². The zero-order valence-electron chi connectivity index (χ0n) is 8.59. The van der Waals surface area contributed by atoms with Crippen molar-refractivity contribution in [3.63, 3.8) is 0 Å². The standard InChI is InChI=1S/C12H15ClSe/c1-10(8-13)11(2)9-14-12-6-4-3-5-7-12/h3-7H,8-9H2,1-2H3/b11-10+. The fourth-order valence-electron chi connectivity index (χ4n) is 0.946. The monoisotopic (exact) mass is 274 g/mol. The van der Waals surface area contributed by atoms with E-state index in [-0.39, 0.29) is 0 Å². The second-order valence-corrected chi connectivity index (χ2v) is 5.76. The Bertz CT molecular complexity index is 303. The van der Waals surface area contributed by atoms with Crippen molar-refractivity contribution in [2.45, 2.75) is 19.2 Å². The van der Waals surface area contributed by atoms with E-state index in [1.54, 1.807) is 0 Å². The van der Waals surface area contributed by atoms with Crippen LogP contribution in [-0.2, 0) is 0 Å². The van der Waals surface area contributed by atoms with Crippen LogP contribution in [-0.4, -0.2) is 20.8 Å². The SMILES string of the molecule is C/C(CCl)=C(/C)C[Se]c1ccccc1. The Balaban J connectivity index is 2.50. The minimum atomic E-state index is 0.554. The maximum absolute atomic E-state index is 5.78. The number of hydrogen-bond donors (Lipinski definition) is 0. The molecule has 0 fully saturated rings. The Hall–Kier alpha value is -0.231. The van der Waals surface area contributed by atoms with Gasteiger partial charge in [0, 0.05) is 0 Å². The van der Waals surface area contributed by atoms with Gasteiger partial charge in [0.2, 0.25) is 0 Å².